The third kappa shape index (κ3) is 4.14. The number of hydrogen-bond acceptors (Lipinski definition) is 2. The van der Waals surface area contributed by atoms with Gasteiger partial charge in [-0.2, -0.15) is 0 Å². The third-order valence-electron chi connectivity index (χ3n) is 3.49. The summed E-state index contributed by atoms with van der Waals surface area (Å²) in [7, 11) is 0. The lowest BCUT2D eigenvalue weighted by Gasteiger charge is -2.32. The van der Waals surface area contributed by atoms with E-state index in [1.54, 1.807) is 0 Å². The van der Waals surface area contributed by atoms with Crippen LogP contribution in [0.3, 0.4) is 0 Å². The molecule has 0 bridgehead atoms. The first kappa shape index (κ1) is 14.2. The van der Waals surface area contributed by atoms with Crippen LogP contribution in [0.4, 0.5) is 0 Å². The lowest BCUT2D eigenvalue weighted by atomic mass is 10.00. The lowest BCUT2D eigenvalue weighted by Crippen LogP contribution is -2.41. The van der Waals surface area contributed by atoms with E-state index in [0.717, 1.165) is 13.1 Å². The molecule has 1 aromatic rings. The Hall–Kier alpha value is -0.860. The average Bonchev–Trinajstić information content (AvgIpc) is 2.39. The predicted octanol–water partition coefficient (Wildman–Crippen LogP) is 3.20. The Labute approximate surface area is 106 Å². The number of rotatable bonds is 7. The summed E-state index contributed by atoms with van der Waals surface area (Å²) >= 11 is 0. The second-order valence-electron chi connectivity index (χ2n) is 4.66. The molecule has 2 N–H and O–H groups in total. The number of nitrogens with two attached hydrogens (primary N) is 1. The van der Waals surface area contributed by atoms with Crippen LogP contribution in [0.25, 0.3) is 0 Å². The summed E-state index contributed by atoms with van der Waals surface area (Å²) in [5.41, 5.74) is 7.58. The molecule has 0 saturated carbocycles. The van der Waals surface area contributed by atoms with Gasteiger partial charge in [-0.3, -0.25) is 4.90 Å². The topological polar surface area (TPSA) is 29.3 Å². The normalized spacial score (nSPS) is 14.9. The fourth-order valence-corrected chi connectivity index (χ4v) is 2.19. The van der Waals surface area contributed by atoms with Crippen molar-refractivity contribution in [2.24, 2.45) is 5.73 Å². The molecule has 0 aliphatic heterocycles. The van der Waals surface area contributed by atoms with Gasteiger partial charge < -0.3 is 5.73 Å². The molecule has 2 atom stereocenters. The van der Waals surface area contributed by atoms with Crippen molar-refractivity contribution < 1.29 is 0 Å². The SMILES string of the molecule is CCCCN(CC)C(C)C(N)c1ccccc1. The van der Waals surface area contributed by atoms with Gasteiger partial charge in [-0.25, -0.2) is 0 Å². The molecule has 0 heterocycles. The summed E-state index contributed by atoms with van der Waals surface area (Å²) in [4.78, 5) is 2.47. The Balaban J connectivity index is 2.63. The molecule has 1 aromatic carbocycles. The van der Waals surface area contributed by atoms with Gasteiger partial charge >= 0.3 is 0 Å². The minimum absolute atomic E-state index is 0.105. The van der Waals surface area contributed by atoms with Gasteiger partial charge in [0.05, 0.1) is 0 Å². The molecular formula is C15H26N2. The van der Waals surface area contributed by atoms with Crippen LogP contribution < -0.4 is 5.73 Å². The van der Waals surface area contributed by atoms with Gasteiger partial charge in [0.1, 0.15) is 0 Å². The van der Waals surface area contributed by atoms with Gasteiger partial charge in [0, 0.05) is 12.1 Å². The van der Waals surface area contributed by atoms with E-state index >= 15 is 0 Å². The Morgan fingerprint density at radius 3 is 2.35 bits per heavy atom. The fourth-order valence-electron chi connectivity index (χ4n) is 2.19. The summed E-state index contributed by atoms with van der Waals surface area (Å²) in [6.45, 7) is 8.90. The molecule has 0 saturated heterocycles. The van der Waals surface area contributed by atoms with E-state index in [4.69, 9.17) is 5.73 Å². The van der Waals surface area contributed by atoms with Gasteiger partial charge in [0.2, 0.25) is 0 Å². The lowest BCUT2D eigenvalue weighted by molar-refractivity contribution is 0.191. The maximum atomic E-state index is 6.35. The van der Waals surface area contributed by atoms with E-state index in [1.807, 2.05) is 6.07 Å². The molecule has 2 unspecified atom stereocenters. The van der Waals surface area contributed by atoms with Crippen molar-refractivity contribution >= 4 is 0 Å². The largest absolute Gasteiger partial charge is 0.323 e. The van der Waals surface area contributed by atoms with Gasteiger partial charge in [0.25, 0.3) is 0 Å². The third-order valence-corrected chi connectivity index (χ3v) is 3.49. The van der Waals surface area contributed by atoms with Gasteiger partial charge in [-0.05, 0) is 32.0 Å². The summed E-state index contributed by atoms with van der Waals surface area (Å²) in [5, 5.41) is 0. The van der Waals surface area contributed by atoms with Gasteiger partial charge in [-0.1, -0.05) is 50.6 Å². The van der Waals surface area contributed by atoms with Crippen molar-refractivity contribution in [3.05, 3.63) is 35.9 Å². The smallest absolute Gasteiger partial charge is 0.0450 e. The minimum atomic E-state index is 0.105. The minimum Gasteiger partial charge on any atom is -0.323 e. The monoisotopic (exact) mass is 234 g/mol. The molecule has 0 spiro atoms. The second kappa shape index (κ2) is 7.46. The highest BCUT2D eigenvalue weighted by molar-refractivity contribution is 5.19. The van der Waals surface area contributed by atoms with Crippen molar-refractivity contribution in [3.63, 3.8) is 0 Å². The summed E-state index contributed by atoms with van der Waals surface area (Å²) in [5.74, 6) is 0. The van der Waals surface area contributed by atoms with Crippen LogP contribution in [0, 0.1) is 0 Å². The second-order valence-corrected chi connectivity index (χ2v) is 4.66. The van der Waals surface area contributed by atoms with Crippen molar-refractivity contribution in [1.82, 2.24) is 4.90 Å². The van der Waals surface area contributed by atoms with Crippen molar-refractivity contribution in [3.8, 4) is 0 Å². The van der Waals surface area contributed by atoms with E-state index in [2.05, 4.69) is 49.9 Å². The Bertz CT molecular complexity index is 297. The van der Waals surface area contributed by atoms with Gasteiger partial charge in [0.15, 0.2) is 0 Å². The van der Waals surface area contributed by atoms with Crippen molar-refractivity contribution in [2.45, 2.75) is 45.7 Å². The summed E-state index contributed by atoms with van der Waals surface area (Å²) in [6.07, 6.45) is 2.49. The van der Waals surface area contributed by atoms with Crippen molar-refractivity contribution in [2.75, 3.05) is 13.1 Å². The molecule has 0 aliphatic rings. The first-order valence-corrected chi connectivity index (χ1v) is 6.75. The maximum absolute atomic E-state index is 6.35. The molecule has 0 aliphatic carbocycles. The van der Waals surface area contributed by atoms with Crippen LogP contribution in [0.15, 0.2) is 30.3 Å². The average molecular weight is 234 g/mol. The molecule has 0 fully saturated rings. The van der Waals surface area contributed by atoms with Crippen LogP contribution >= 0.6 is 0 Å². The Kier molecular flexibility index (Phi) is 6.23. The van der Waals surface area contributed by atoms with E-state index in [1.165, 1.54) is 18.4 Å². The highest BCUT2D eigenvalue weighted by Crippen LogP contribution is 2.18. The number of nitrogens with zero attached hydrogens (tertiary/aromatic N) is 1. The first-order chi connectivity index (χ1) is 8.20. The molecule has 96 valence electrons. The Morgan fingerprint density at radius 1 is 1.18 bits per heavy atom. The Morgan fingerprint density at radius 2 is 1.82 bits per heavy atom. The fraction of sp³-hybridized carbons (Fsp3) is 0.600. The zero-order valence-electron chi connectivity index (χ0n) is 11.4. The quantitative estimate of drug-likeness (QED) is 0.785. The van der Waals surface area contributed by atoms with Crippen LogP contribution in [0.2, 0.25) is 0 Å². The van der Waals surface area contributed by atoms with E-state index in [-0.39, 0.29) is 6.04 Å². The molecule has 2 nitrogen and oxygen atoms in total. The highest BCUT2D eigenvalue weighted by Gasteiger charge is 2.19. The van der Waals surface area contributed by atoms with E-state index in [9.17, 15) is 0 Å². The molecule has 17 heavy (non-hydrogen) atoms. The van der Waals surface area contributed by atoms with Crippen molar-refractivity contribution in [1.29, 1.82) is 0 Å². The van der Waals surface area contributed by atoms with E-state index < -0.39 is 0 Å². The summed E-state index contributed by atoms with van der Waals surface area (Å²) in [6, 6.07) is 10.9. The zero-order valence-corrected chi connectivity index (χ0v) is 11.4. The standard InChI is InChI=1S/C15H26N2/c1-4-6-12-17(5-2)13(3)15(16)14-10-8-7-9-11-14/h7-11,13,15H,4-6,12,16H2,1-3H3. The number of likely N-dealkylation sites (N-methyl/N-ethyl adjacent to an activating group) is 1. The molecule has 1 rings (SSSR count). The maximum Gasteiger partial charge on any atom is 0.0450 e. The predicted molar refractivity (Wildman–Crippen MR) is 75.0 cm³/mol. The molecule has 0 aromatic heterocycles. The van der Waals surface area contributed by atoms with Crippen LogP contribution in [-0.2, 0) is 0 Å². The first-order valence-electron chi connectivity index (χ1n) is 6.75. The molecular weight excluding hydrogens is 208 g/mol. The number of benzene rings is 1. The zero-order chi connectivity index (χ0) is 12.7. The molecule has 0 amide bonds. The molecule has 2 heteroatoms. The summed E-state index contributed by atoms with van der Waals surface area (Å²) < 4.78 is 0. The number of unbranched alkanes of at least 4 members (excludes halogenated alkanes) is 1. The van der Waals surface area contributed by atoms with Crippen LogP contribution in [0.1, 0.15) is 45.2 Å². The highest BCUT2D eigenvalue weighted by atomic mass is 15.2. The van der Waals surface area contributed by atoms with E-state index in [0.29, 0.717) is 6.04 Å². The van der Waals surface area contributed by atoms with Crippen LogP contribution in [-0.4, -0.2) is 24.0 Å². The van der Waals surface area contributed by atoms with Crippen LogP contribution in [0.5, 0.6) is 0 Å². The van der Waals surface area contributed by atoms with Gasteiger partial charge in [-0.15, -0.1) is 0 Å². The number of hydrogen-bond donors (Lipinski definition) is 1. The molecule has 0 radical (unpaired) electrons.